The molecule has 0 N–H and O–H groups in total. The summed E-state index contributed by atoms with van der Waals surface area (Å²) < 4.78 is 18.4. The maximum atomic E-state index is 13.0. The van der Waals surface area contributed by atoms with Gasteiger partial charge in [-0.3, -0.25) is 4.79 Å². The maximum absolute atomic E-state index is 13.0. The Morgan fingerprint density at radius 1 is 1.41 bits per heavy atom. The standard InChI is InChI=1S/C18H21N5O4/c1-12-4-3-5-13-10-14(27-16(12)13)18(24)22-6-9-26-15(11-22)17-19-20-21-23(17)7-8-25-2/h3-5,10,15H,6-9,11H2,1-2H3/t15-/m0/s1. The number of carbonyl (C=O) groups is 1. The minimum absolute atomic E-state index is 0.158. The van der Waals surface area contributed by atoms with Gasteiger partial charge in [-0.15, -0.1) is 5.10 Å². The van der Waals surface area contributed by atoms with Crippen molar-refractivity contribution in [2.75, 3.05) is 33.4 Å². The van der Waals surface area contributed by atoms with Gasteiger partial charge in [0.15, 0.2) is 11.6 Å². The third-order valence-electron chi connectivity index (χ3n) is 4.66. The lowest BCUT2D eigenvalue weighted by Crippen LogP contribution is -2.43. The average molecular weight is 371 g/mol. The monoisotopic (exact) mass is 371 g/mol. The van der Waals surface area contributed by atoms with Gasteiger partial charge >= 0.3 is 0 Å². The number of nitrogens with zero attached hydrogens (tertiary/aromatic N) is 5. The van der Waals surface area contributed by atoms with Gasteiger partial charge in [-0.25, -0.2) is 4.68 Å². The van der Waals surface area contributed by atoms with Gasteiger partial charge in [0.25, 0.3) is 5.91 Å². The van der Waals surface area contributed by atoms with Crippen molar-refractivity contribution in [2.45, 2.75) is 19.6 Å². The fourth-order valence-electron chi connectivity index (χ4n) is 3.24. The number of hydrogen-bond donors (Lipinski definition) is 0. The lowest BCUT2D eigenvalue weighted by Gasteiger charge is -2.31. The highest BCUT2D eigenvalue weighted by molar-refractivity contribution is 5.96. The molecule has 3 heterocycles. The summed E-state index contributed by atoms with van der Waals surface area (Å²) in [7, 11) is 1.62. The molecule has 0 aliphatic carbocycles. The number of aryl methyl sites for hydroxylation is 1. The third kappa shape index (κ3) is 3.43. The topological polar surface area (TPSA) is 95.5 Å². The summed E-state index contributed by atoms with van der Waals surface area (Å²) in [6.07, 6.45) is -0.388. The van der Waals surface area contributed by atoms with Crippen molar-refractivity contribution >= 4 is 16.9 Å². The van der Waals surface area contributed by atoms with Crippen LogP contribution in [-0.4, -0.2) is 64.4 Å². The van der Waals surface area contributed by atoms with Crippen LogP contribution in [0.3, 0.4) is 0 Å². The highest BCUT2D eigenvalue weighted by Crippen LogP contribution is 2.26. The summed E-state index contributed by atoms with van der Waals surface area (Å²) in [6, 6.07) is 7.64. The zero-order chi connectivity index (χ0) is 18.8. The number of hydrogen-bond acceptors (Lipinski definition) is 7. The first-order valence-electron chi connectivity index (χ1n) is 8.82. The second-order valence-electron chi connectivity index (χ2n) is 6.47. The summed E-state index contributed by atoms with van der Waals surface area (Å²) in [6.45, 7) is 4.24. The zero-order valence-corrected chi connectivity index (χ0v) is 15.3. The first-order chi connectivity index (χ1) is 13.2. The molecular formula is C18H21N5O4. The van der Waals surface area contributed by atoms with Crippen LogP contribution in [0.5, 0.6) is 0 Å². The van der Waals surface area contributed by atoms with Crippen LogP contribution in [0, 0.1) is 6.92 Å². The smallest absolute Gasteiger partial charge is 0.289 e. The maximum Gasteiger partial charge on any atom is 0.289 e. The van der Waals surface area contributed by atoms with Gasteiger partial charge in [-0.1, -0.05) is 18.2 Å². The van der Waals surface area contributed by atoms with E-state index in [2.05, 4.69) is 15.5 Å². The first-order valence-corrected chi connectivity index (χ1v) is 8.82. The van der Waals surface area contributed by atoms with E-state index < -0.39 is 0 Å². The minimum Gasteiger partial charge on any atom is -0.451 e. The number of carbonyl (C=O) groups excluding carboxylic acids is 1. The van der Waals surface area contributed by atoms with Gasteiger partial charge in [-0.2, -0.15) is 0 Å². The normalized spacial score (nSPS) is 17.6. The van der Waals surface area contributed by atoms with Crippen molar-refractivity contribution in [2.24, 2.45) is 0 Å². The number of rotatable bonds is 5. The van der Waals surface area contributed by atoms with Crippen molar-refractivity contribution in [1.82, 2.24) is 25.1 Å². The van der Waals surface area contributed by atoms with Gasteiger partial charge < -0.3 is 18.8 Å². The molecule has 27 heavy (non-hydrogen) atoms. The van der Waals surface area contributed by atoms with E-state index in [1.807, 2.05) is 25.1 Å². The molecule has 9 nitrogen and oxygen atoms in total. The molecule has 1 aromatic carbocycles. The van der Waals surface area contributed by atoms with E-state index in [4.69, 9.17) is 13.9 Å². The number of amides is 1. The molecule has 9 heteroatoms. The molecule has 1 aliphatic heterocycles. The Kier molecular flexibility index (Phi) is 4.87. The Morgan fingerprint density at radius 2 is 2.30 bits per heavy atom. The van der Waals surface area contributed by atoms with Gasteiger partial charge in [0.1, 0.15) is 11.7 Å². The van der Waals surface area contributed by atoms with E-state index in [0.29, 0.717) is 44.4 Å². The fourth-order valence-corrected chi connectivity index (χ4v) is 3.24. The molecule has 1 atom stereocenters. The van der Waals surface area contributed by atoms with Crippen LogP contribution in [-0.2, 0) is 16.0 Å². The second kappa shape index (κ2) is 7.45. The number of methoxy groups -OCH3 is 1. The lowest BCUT2D eigenvalue weighted by atomic mass is 10.2. The summed E-state index contributed by atoms with van der Waals surface area (Å²) in [5.74, 6) is 0.763. The van der Waals surface area contributed by atoms with Crippen molar-refractivity contribution in [3.05, 3.63) is 41.4 Å². The Bertz CT molecular complexity index is 950. The van der Waals surface area contributed by atoms with Gasteiger partial charge in [-0.05, 0) is 29.0 Å². The van der Waals surface area contributed by atoms with E-state index in [9.17, 15) is 4.79 Å². The van der Waals surface area contributed by atoms with E-state index in [1.54, 1.807) is 22.8 Å². The van der Waals surface area contributed by atoms with Crippen LogP contribution in [0.2, 0.25) is 0 Å². The quantitative estimate of drug-likeness (QED) is 0.672. The molecule has 0 saturated carbocycles. The molecule has 2 aromatic heterocycles. The summed E-state index contributed by atoms with van der Waals surface area (Å²) in [5.41, 5.74) is 1.75. The fraction of sp³-hybridized carbons (Fsp3) is 0.444. The number of morpholine rings is 1. The number of para-hydroxylation sites is 1. The number of tetrazole rings is 1. The first kappa shape index (κ1) is 17.6. The minimum atomic E-state index is -0.388. The number of benzene rings is 1. The van der Waals surface area contributed by atoms with Crippen LogP contribution < -0.4 is 0 Å². The molecule has 1 amide bonds. The molecule has 0 radical (unpaired) electrons. The molecule has 3 aromatic rings. The van der Waals surface area contributed by atoms with Gasteiger partial charge in [0.05, 0.1) is 26.3 Å². The lowest BCUT2D eigenvalue weighted by molar-refractivity contribution is -0.0300. The predicted molar refractivity (Wildman–Crippen MR) is 95.2 cm³/mol. The predicted octanol–water partition coefficient (Wildman–Crippen LogP) is 1.59. The largest absolute Gasteiger partial charge is 0.451 e. The van der Waals surface area contributed by atoms with Crippen LogP contribution in [0.25, 0.3) is 11.0 Å². The summed E-state index contributed by atoms with van der Waals surface area (Å²) >= 11 is 0. The molecule has 0 bridgehead atoms. The van der Waals surface area contributed by atoms with Crippen LogP contribution in [0.1, 0.15) is 28.0 Å². The Balaban J connectivity index is 1.53. The van der Waals surface area contributed by atoms with Crippen LogP contribution in [0.4, 0.5) is 0 Å². The SMILES string of the molecule is COCCn1nnnc1[C@@H]1CN(C(=O)c2cc3cccc(C)c3o2)CCO1. The molecular weight excluding hydrogens is 350 g/mol. The second-order valence-corrected chi connectivity index (χ2v) is 6.47. The van der Waals surface area contributed by atoms with E-state index in [0.717, 1.165) is 16.5 Å². The van der Waals surface area contributed by atoms with E-state index in [-0.39, 0.29) is 12.0 Å². The van der Waals surface area contributed by atoms with E-state index >= 15 is 0 Å². The third-order valence-corrected chi connectivity index (χ3v) is 4.66. The van der Waals surface area contributed by atoms with Crippen molar-refractivity contribution < 1.29 is 18.7 Å². The molecule has 1 fully saturated rings. The summed E-state index contributed by atoms with van der Waals surface area (Å²) in [5, 5.41) is 12.7. The van der Waals surface area contributed by atoms with Gasteiger partial charge in [0, 0.05) is 19.0 Å². The Hall–Kier alpha value is -2.78. The number of furan rings is 1. The Morgan fingerprint density at radius 3 is 3.11 bits per heavy atom. The van der Waals surface area contributed by atoms with Gasteiger partial charge in [0.2, 0.25) is 0 Å². The van der Waals surface area contributed by atoms with Crippen molar-refractivity contribution in [3.63, 3.8) is 0 Å². The molecule has 4 rings (SSSR count). The molecule has 0 spiro atoms. The highest BCUT2D eigenvalue weighted by Gasteiger charge is 2.31. The van der Waals surface area contributed by atoms with Crippen molar-refractivity contribution in [3.8, 4) is 0 Å². The van der Waals surface area contributed by atoms with E-state index in [1.165, 1.54) is 0 Å². The van der Waals surface area contributed by atoms with Crippen LogP contribution >= 0.6 is 0 Å². The molecule has 0 unspecified atom stereocenters. The molecule has 1 aliphatic rings. The number of aromatic nitrogens is 4. The number of fused-ring (bicyclic) bond motifs is 1. The highest BCUT2D eigenvalue weighted by atomic mass is 16.5. The zero-order valence-electron chi connectivity index (χ0n) is 15.3. The average Bonchev–Trinajstić information content (AvgIpc) is 3.33. The van der Waals surface area contributed by atoms with Crippen molar-refractivity contribution in [1.29, 1.82) is 0 Å². The number of ether oxygens (including phenoxy) is 2. The summed E-state index contributed by atoms with van der Waals surface area (Å²) in [4.78, 5) is 14.7. The Labute approximate surface area is 155 Å². The molecule has 142 valence electrons. The van der Waals surface area contributed by atoms with Crippen LogP contribution in [0.15, 0.2) is 28.7 Å². The molecule has 1 saturated heterocycles.